The van der Waals surface area contributed by atoms with Crippen molar-refractivity contribution in [3.8, 4) is 23.0 Å². The molecule has 0 aliphatic carbocycles. The molecule has 0 unspecified atom stereocenters. The Morgan fingerprint density at radius 1 is 0.658 bits per heavy atom. The summed E-state index contributed by atoms with van der Waals surface area (Å²) in [4.78, 5) is 72.8. The number of methoxy groups -OCH3 is 2. The Morgan fingerprint density at radius 2 is 1.15 bits per heavy atom. The molecule has 0 fully saturated rings. The van der Waals surface area contributed by atoms with E-state index in [1.165, 1.54) is 11.1 Å². The smallest absolute Gasteiger partial charge is 0.258 e. The Morgan fingerprint density at radius 3 is 1.62 bits per heavy atom. The molecule has 4 atom stereocenters. The lowest BCUT2D eigenvalue weighted by Gasteiger charge is -2.24. The number of rotatable bonds is 17. The highest BCUT2D eigenvalue weighted by atomic mass is 16.5. The third kappa shape index (κ3) is 11.0. The molecular weight excluding hydrogens is 921 g/mol. The van der Waals surface area contributed by atoms with Crippen molar-refractivity contribution < 1.29 is 42.9 Å². The third-order valence-corrected chi connectivity index (χ3v) is 14.8. The maximum atomic E-state index is 14.2. The highest BCUT2D eigenvalue weighted by molar-refractivity contribution is 6.10. The number of anilines is 3. The summed E-state index contributed by atoms with van der Waals surface area (Å²) in [6.07, 6.45) is 5.53. The standard InChI is InChI=1S/C60H68N4O9/c1-35(2)56(62-55(66)21-22-60(4,5)6)50(65)23-36(3)57(67)61-43-25-37(33-72-53-29-39-17-19-44-27-41-13-9-11-15-48(41)63(44)58(68)46(39)31-51(53)70-7)24-38(26-43)34-73-54-30-40-18-20-45-28-42-14-10-12-16-49(42)64(45)59(69)47(40)32-52(54)71-8/h9-16,24-26,29-32,35-36,44-45,56H,17-23,27-28,33-34H2,1-8H3,(H,61,67)(H,62,66)/t36-,44-,45-,56+/m1/s1. The number of Topliss-reactive ketones (excluding diaryl/α,β-unsaturated/α-hetero) is 1. The molecule has 0 saturated carbocycles. The fourth-order valence-electron chi connectivity index (χ4n) is 10.9. The minimum atomic E-state index is -0.721. The predicted molar refractivity (Wildman–Crippen MR) is 282 cm³/mol. The van der Waals surface area contributed by atoms with Crippen molar-refractivity contribution in [3.63, 3.8) is 0 Å². The van der Waals surface area contributed by atoms with Crippen LogP contribution in [-0.4, -0.2) is 61.8 Å². The summed E-state index contributed by atoms with van der Waals surface area (Å²) in [7, 11) is 3.11. The first-order valence-electron chi connectivity index (χ1n) is 25.7. The van der Waals surface area contributed by atoms with Crippen LogP contribution in [0.2, 0.25) is 0 Å². The molecule has 0 aromatic heterocycles. The molecule has 4 heterocycles. The van der Waals surface area contributed by atoms with Gasteiger partial charge in [-0.05, 0) is 144 Å². The first kappa shape index (κ1) is 50.8. The van der Waals surface area contributed by atoms with Crippen molar-refractivity contribution in [3.05, 3.63) is 136 Å². The summed E-state index contributed by atoms with van der Waals surface area (Å²) in [5.74, 6) is 0.0712. The van der Waals surface area contributed by atoms with Crippen LogP contribution in [-0.2, 0) is 53.3 Å². The largest absolute Gasteiger partial charge is 0.493 e. The van der Waals surface area contributed by atoms with Gasteiger partial charge >= 0.3 is 0 Å². The normalized spacial score (nSPS) is 17.4. The Kier molecular flexibility index (Phi) is 14.7. The van der Waals surface area contributed by atoms with Crippen molar-refractivity contribution in [2.24, 2.45) is 17.3 Å². The fraction of sp³-hybridized carbons (Fsp3) is 0.417. The van der Waals surface area contributed by atoms with Gasteiger partial charge in [-0.25, -0.2) is 0 Å². The number of para-hydroxylation sites is 2. The van der Waals surface area contributed by atoms with Crippen molar-refractivity contribution >= 4 is 46.5 Å². The van der Waals surface area contributed by atoms with Gasteiger partial charge in [0, 0.05) is 59.0 Å². The number of benzene rings is 5. The molecule has 0 bridgehead atoms. The lowest BCUT2D eigenvalue weighted by Crippen LogP contribution is -2.45. The highest BCUT2D eigenvalue weighted by Crippen LogP contribution is 2.43. The van der Waals surface area contributed by atoms with E-state index in [2.05, 4.69) is 43.5 Å². The van der Waals surface area contributed by atoms with Gasteiger partial charge in [0.05, 0.1) is 20.3 Å². The van der Waals surface area contributed by atoms with Crippen molar-refractivity contribution in [1.82, 2.24) is 5.32 Å². The van der Waals surface area contributed by atoms with Gasteiger partial charge in [0.1, 0.15) is 13.2 Å². The average molecular weight is 989 g/mol. The van der Waals surface area contributed by atoms with Gasteiger partial charge in [-0.3, -0.25) is 24.0 Å². The molecule has 2 N–H and O–H groups in total. The maximum Gasteiger partial charge on any atom is 0.258 e. The first-order valence-corrected chi connectivity index (χ1v) is 25.7. The molecule has 9 rings (SSSR count). The van der Waals surface area contributed by atoms with E-state index in [0.29, 0.717) is 76.6 Å². The molecular formula is C60H68N4O9. The van der Waals surface area contributed by atoms with E-state index in [0.717, 1.165) is 48.2 Å². The zero-order valence-corrected chi connectivity index (χ0v) is 43.4. The van der Waals surface area contributed by atoms with Gasteiger partial charge in [0.25, 0.3) is 11.8 Å². The Labute approximate surface area is 428 Å². The molecule has 5 aromatic carbocycles. The highest BCUT2D eigenvalue weighted by Gasteiger charge is 2.39. The van der Waals surface area contributed by atoms with Gasteiger partial charge in [-0.15, -0.1) is 0 Å². The van der Waals surface area contributed by atoms with E-state index in [1.807, 2.05) is 90.4 Å². The van der Waals surface area contributed by atoms with Crippen molar-refractivity contribution in [1.29, 1.82) is 0 Å². The number of aryl methyl sites for hydroxylation is 2. The molecule has 13 nitrogen and oxygen atoms in total. The number of nitrogens with zero attached hydrogens (tertiary/aromatic N) is 2. The van der Waals surface area contributed by atoms with E-state index in [9.17, 15) is 24.0 Å². The van der Waals surface area contributed by atoms with Crippen molar-refractivity contribution in [2.75, 3.05) is 29.3 Å². The van der Waals surface area contributed by atoms with Gasteiger partial charge in [-0.1, -0.05) is 77.9 Å². The fourth-order valence-corrected chi connectivity index (χ4v) is 10.9. The van der Waals surface area contributed by atoms with Crippen LogP contribution < -0.4 is 39.4 Å². The summed E-state index contributed by atoms with van der Waals surface area (Å²) in [6.45, 7) is 11.8. The van der Waals surface area contributed by atoms with Gasteiger partial charge in [-0.2, -0.15) is 0 Å². The Bertz CT molecular complexity index is 2800. The topological polar surface area (TPSA) is 153 Å². The molecule has 73 heavy (non-hydrogen) atoms. The first-order chi connectivity index (χ1) is 35.0. The molecule has 0 saturated heterocycles. The van der Waals surface area contributed by atoms with Gasteiger partial charge in [0.2, 0.25) is 11.8 Å². The Hall–Kier alpha value is -7.15. The molecule has 5 aromatic rings. The molecule has 0 radical (unpaired) electrons. The second-order valence-electron chi connectivity index (χ2n) is 21.7. The number of hydrogen-bond acceptors (Lipinski definition) is 9. The quantitative estimate of drug-likeness (QED) is 0.0927. The van der Waals surface area contributed by atoms with Gasteiger partial charge < -0.3 is 39.4 Å². The van der Waals surface area contributed by atoms with Crippen LogP contribution in [0, 0.1) is 17.3 Å². The van der Waals surface area contributed by atoms with Crippen LogP contribution in [0.25, 0.3) is 0 Å². The monoisotopic (exact) mass is 988 g/mol. The summed E-state index contributed by atoms with van der Waals surface area (Å²) < 4.78 is 24.8. The number of nitrogens with one attached hydrogen (secondary N) is 2. The average Bonchev–Trinajstić information content (AvgIpc) is 3.86. The van der Waals surface area contributed by atoms with Crippen LogP contribution in [0.15, 0.2) is 91.0 Å². The van der Waals surface area contributed by atoms with Crippen LogP contribution in [0.5, 0.6) is 23.0 Å². The van der Waals surface area contributed by atoms with Crippen molar-refractivity contribution in [2.45, 2.75) is 131 Å². The summed E-state index contributed by atoms with van der Waals surface area (Å²) in [5, 5.41) is 5.99. The molecule has 4 amide bonds. The third-order valence-electron chi connectivity index (χ3n) is 14.8. The van der Waals surface area contributed by atoms with E-state index in [4.69, 9.17) is 18.9 Å². The van der Waals surface area contributed by atoms with E-state index in [-0.39, 0.29) is 72.5 Å². The van der Waals surface area contributed by atoms with E-state index >= 15 is 0 Å². The zero-order chi connectivity index (χ0) is 51.7. The number of fused-ring (bicyclic) bond motifs is 8. The number of carbonyl (C=O) groups excluding carboxylic acids is 5. The SMILES string of the molecule is COc1cc2c(cc1OCc1cc(COc3cc4c(cc3OC)C(=O)N3c5ccccc5C[C@H]3CC4)cc(NC(=O)[C@H](C)CC(=O)[C@@H](NC(=O)CCC(C)(C)C)C(C)C)c1)CC[C@@H]1Cc3ccccc3N1C2=O. The van der Waals surface area contributed by atoms with Crippen LogP contribution in [0.4, 0.5) is 17.1 Å². The van der Waals surface area contributed by atoms with E-state index in [1.54, 1.807) is 33.3 Å². The lowest BCUT2D eigenvalue weighted by molar-refractivity contribution is -0.131. The number of ether oxygens (including phenoxy) is 4. The molecule has 4 aliphatic rings. The summed E-state index contributed by atoms with van der Waals surface area (Å²) in [5.41, 5.74) is 9.08. The lowest BCUT2D eigenvalue weighted by atomic mass is 9.89. The van der Waals surface area contributed by atoms with E-state index < -0.39 is 12.0 Å². The second-order valence-corrected chi connectivity index (χ2v) is 21.7. The second kappa shape index (κ2) is 21.1. The van der Waals surface area contributed by atoms with Crippen LogP contribution in [0.1, 0.15) is 128 Å². The number of ketones is 1. The zero-order valence-electron chi connectivity index (χ0n) is 43.4. The number of carbonyl (C=O) groups is 5. The molecule has 382 valence electrons. The summed E-state index contributed by atoms with van der Waals surface area (Å²) in [6, 6.07) is 28.5. The number of hydrogen-bond donors (Lipinski definition) is 2. The molecule has 13 heteroatoms. The molecule has 0 spiro atoms. The summed E-state index contributed by atoms with van der Waals surface area (Å²) >= 11 is 0. The van der Waals surface area contributed by atoms with Crippen LogP contribution in [0.3, 0.4) is 0 Å². The maximum absolute atomic E-state index is 14.2. The van der Waals surface area contributed by atoms with Gasteiger partial charge in [0.15, 0.2) is 28.8 Å². The van der Waals surface area contributed by atoms with Crippen LogP contribution >= 0.6 is 0 Å². The minimum Gasteiger partial charge on any atom is -0.493 e. The number of amides is 4. The minimum absolute atomic E-state index is 0.0281. The predicted octanol–water partition coefficient (Wildman–Crippen LogP) is 10.4. The molecule has 4 aliphatic heterocycles. The Balaban J connectivity index is 0.956.